The van der Waals surface area contributed by atoms with Gasteiger partial charge >= 0.3 is 0 Å². The first-order valence-corrected chi connectivity index (χ1v) is 8.49. The molecule has 114 valence electrons. The molecule has 1 heterocycles. The Kier molecular flexibility index (Phi) is 4.05. The maximum atomic E-state index is 5.11. The number of nitrogens with one attached hydrogen (secondary N) is 1. The number of fused-ring (bicyclic) bond motifs is 1. The van der Waals surface area contributed by atoms with Crippen molar-refractivity contribution in [2.24, 2.45) is 4.99 Å². The van der Waals surface area contributed by atoms with Crippen molar-refractivity contribution in [2.75, 3.05) is 6.54 Å². The first-order valence-electron chi connectivity index (χ1n) is 8.49. The molecule has 1 aromatic rings. The molecule has 1 aromatic carbocycles. The van der Waals surface area contributed by atoms with Gasteiger partial charge in [-0.2, -0.15) is 0 Å². The van der Waals surface area contributed by atoms with Crippen LogP contribution in [0.25, 0.3) is 0 Å². The molecule has 1 atom stereocenters. The van der Waals surface area contributed by atoms with E-state index in [2.05, 4.69) is 33.0 Å². The molecule has 1 unspecified atom stereocenters. The summed E-state index contributed by atoms with van der Waals surface area (Å²) in [4.78, 5) is 5.11. The van der Waals surface area contributed by atoms with Gasteiger partial charge in [0, 0.05) is 13.0 Å². The normalized spacial score (nSPS) is 23.8. The quantitative estimate of drug-likeness (QED) is 0.756. The highest BCUT2D eigenvalue weighted by Gasteiger charge is 2.25. The Morgan fingerprint density at radius 1 is 0.857 bits per heavy atom. The lowest BCUT2D eigenvalue weighted by Crippen LogP contribution is -2.16. The molecule has 1 aliphatic heterocycles. The van der Waals surface area contributed by atoms with Gasteiger partial charge in [-0.15, -0.1) is 0 Å². The summed E-state index contributed by atoms with van der Waals surface area (Å²) in [5.74, 6) is 1.24. The minimum absolute atomic E-state index is 0.376. The zero-order valence-corrected chi connectivity index (χ0v) is 14.0. The van der Waals surface area contributed by atoms with Gasteiger partial charge in [0.1, 0.15) is 0 Å². The van der Waals surface area contributed by atoms with E-state index >= 15 is 0 Å². The van der Waals surface area contributed by atoms with Gasteiger partial charge in [-0.1, -0.05) is 6.42 Å². The van der Waals surface area contributed by atoms with Crippen molar-refractivity contribution in [1.82, 2.24) is 5.32 Å². The van der Waals surface area contributed by atoms with E-state index in [1.165, 1.54) is 60.2 Å². The molecule has 0 radical (unpaired) electrons. The number of rotatable bonds is 1. The lowest BCUT2D eigenvalue weighted by molar-refractivity contribution is 0.612. The van der Waals surface area contributed by atoms with Gasteiger partial charge in [-0.25, -0.2) is 0 Å². The first kappa shape index (κ1) is 14.6. The standard InChI is InChI=1S/C19H28N2/c1-12-13(2)15(4)19-16(14(12)3)8-5-6-9-17(19)21-18-10-7-11-20-18/h17H,5-11H2,1-4H3,(H,20,21). The van der Waals surface area contributed by atoms with Crippen LogP contribution in [0, 0.1) is 27.7 Å². The average molecular weight is 284 g/mol. The fourth-order valence-corrected chi connectivity index (χ4v) is 3.98. The van der Waals surface area contributed by atoms with Crippen molar-refractivity contribution >= 4 is 5.84 Å². The van der Waals surface area contributed by atoms with Gasteiger partial charge in [0.05, 0.1) is 11.9 Å². The van der Waals surface area contributed by atoms with Crippen molar-refractivity contribution in [3.8, 4) is 0 Å². The number of benzene rings is 1. The molecule has 2 nitrogen and oxygen atoms in total. The third-order valence-corrected chi connectivity index (χ3v) is 5.59. The molecule has 1 N–H and O–H groups in total. The number of amidine groups is 1. The van der Waals surface area contributed by atoms with Gasteiger partial charge in [-0.05, 0) is 86.8 Å². The molecule has 1 saturated heterocycles. The molecular formula is C19H28N2. The molecule has 2 heteroatoms. The molecular weight excluding hydrogens is 256 g/mol. The molecule has 1 aliphatic carbocycles. The average Bonchev–Trinajstić information content (AvgIpc) is 2.89. The summed E-state index contributed by atoms with van der Waals surface area (Å²) in [6.45, 7) is 10.3. The summed E-state index contributed by atoms with van der Waals surface area (Å²) in [6, 6.07) is 0.376. The van der Waals surface area contributed by atoms with E-state index in [4.69, 9.17) is 4.99 Å². The zero-order valence-electron chi connectivity index (χ0n) is 14.0. The largest absolute Gasteiger partial charge is 0.374 e. The van der Waals surface area contributed by atoms with Crippen LogP contribution < -0.4 is 5.32 Å². The first-order chi connectivity index (χ1) is 10.1. The molecule has 2 aliphatic rings. The highest BCUT2D eigenvalue weighted by Crippen LogP contribution is 2.38. The van der Waals surface area contributed by atoms with Crippen molar-refractivity contribution in [3.05, 3.63) is 33.4 Å². The smallest absolute Gasteiger partial charge is 0.0971 e. The van der Waals surface area contributed by atoms with Gasteiger partial charge in [0.15, 0.2) is 0 Å². The van der Waals surface area contributed by atoms with E-state index < -0.39 is 0 Å². The molecule has 0 bridgehead atoms. The highest BCUT2D eigenvalue weighted by atomic mass is 15.0. The topological polar surface area (TPSA) is 24.4 Å². The Morgan fingerprint density at radius 2 is 1.62 bits per heavy atom. The second-order valence-corrected chi connectivity index (χ2v) is 6.76. The van der Waals surface area contributed by atoms with Gasteiger partial charge in [0.25, 0.3) is 0 Å². The van der Waals surface area contributed by atoms with E-state index in [0.29, 0.717) is 6.04 Å². The van der Waals surface area contributed by atoms with Crippen LogP contribution in [0.2, 0.25) is 0 Å². The SMILES string of the molecule is Cc1c(C)c(C)c2c(c1C)CCCCC2/N=C1\CCCN1. The number of aliphatic imine (C=N–C) groups is 1. The summed E-state index contributed by atoms with van der Waals surface area (Å²) in [5, 5.41) is 3.47. The Labute approximate surface area is 129 Å². The minimum Gasteiger partial charge on any atom is -0.374 e. The van der Waals surface area contributed by atoms with Crippen LogP contribution in [-0.2, 0) is 6.42 Å². The van der Waals surface area contributed by atoms with E-state index in [-0.39, 0.29) is 0 Å². The van der Waals surface area contributed by atoms with E-state index in [1.54, 1.807) is 11.1 Å². The summed E-state index contributed by atoms with van der Waals surface area (Å²) in [5.41, 5.74) is 9.10. The monoisotopic (exact) mass is 284 g/mol. The van der Waals surface area contributed by atoms with Gasteiger partial charge < -0.3 is 5.32 Å². The maximum absolute atomic E-state index is 5.11. The number of hydrogen-bond acceptors (Lipinski definition) is 1. The van der Waals surface area contributed by atoms with Crippen LogP contribution >= 0.6 is 0 Å². The lowest BCUT2D eigenvalue weighted by atomic mass is 9.85. The maximum Gasteiger partial charge on any atom is 0.0971 e. The van der Waals surface area contributed by atoms with E-state index in [9.17, 15) is 0 Å². The third kappa shape index (κ3) is 2.61. The van der Waals surface area contributed by atoms with Gasteiger partial charge in [-0.3, -0.25) is 4.99 Å². The van der Waals surface area contributed by atoms with Crippen LogP contribution in [0.5, 0.6) is 0 Å². The Bertz CT molecular complexity index is 576. The highest BCUT2D eigenvalue weighted by molar-refractivity contribution is 5.84. The van der Waals surface area contributed by atoms with Gasteiger partial charge in [0.2, 0.25) is 0 Å². The Morgan fingerprint density at radius 3 is 2.33 bits per heavy atom. The van der Waals surface area contributed by atoms with Crippen molar-refractivity contribution in [3.63, 3.8) is 0 Å². The van der Waals surface area contributed by atoms with E-state index in [0.717, 1.165) is 13.0 Å². The predicted octanol–water partition coefficient (Wildman–Crippen LogP) is 4.47. The minimum atomic E-state index is 0.376. The second-order valence-electron chi connectivity index (χ2n) is 6.76. The van der Waals surface area contributed by atoms with Crippen LogP contribution in [0.4, 0.5) is 0 Å². The third-order valence-electron chi connectivity index (χ3n) is 5.59. The van der Waals surface area contributed by atoms with Crippen molar-refractivity contribution in [2.45, 2.75) is 72.3 Å². The Balaban J connectivity index is 2.12. The van der Waals surface area contributed by atoms with Crippen molar-refractivity contribution < 1.29 is 0 Å². The summed E-state index contributed by atoms with van der Waals surface area (Å²) < 4.78 is 0. The van der Waals surface area contributed by atoms with Crippen LogP contribution in [0.1, 0.15) is 71.5 Å². The molecule has 21 heavy (non-hydrogen) atoms. The van der Waals surface area contributed by atoms with E-state index in [1.807, 2.05) is 0 Å². The van der Waals surface area contributed by atoms with Crippen LogP contribution in [0.3, 0.4) is 0 Å². The Hall–Kier alpha value is -1.31. The van der Waals surface area contributed by atoms with Crippen molar-refractivity contribution in [1.29, 1.82) is 0 Å². The molecule has 1 fully saturated rings. The summed E-state index contributed by atoms with van der Waals surface area (Å²) in [6.07, 6.45) is 7.43. The molecule has 3 rings (SSSR count). The zero-order chi connectivity index (χ0) is 15.0. The number of hydrogen-bond donors (Lipinski definition) is 1. The van der Waals surface area contributed by atoms with Crippen LogP contribution in [0.15, 0.2) is 4.99 Å². The summed E-state index contributed by atoms with van der Waals surface area (Å²) in [7, 11) is 0. The number of nitrogens with zero attached hydrogens (tertiary/aromatic N) is 1. The molecule has 0 amide bonds. The van der Waals surface area contributed by atoms with Crippen LogP contribution in [-0.4, -0.2) is 12.4 Å². The molecule has 0 aromatic heterocycles. The molecule has 0 spiro atoms. The lowest BCUT2D eigenvalue weighted by Gasteiger charge is -2.23. The fourth-order valence-electron chi connectivity index (χ4n) is 3.98. The predicted molar refractivity (Wildman–Crippen MR) is 90.4 cm³/mol. The summed E-state index contributed by atoms with van der Waals surface area (Å²) >= 11 is 0. The molecule has 0 saturated carbocycles. The second kappa shape index (κ2) is 5.82. The fraction of sp³-hybridized carbons (Fsp3) is 0.632.